The molecule has 1 aliphatic rings. The number of allylic oxidation sites excluding steroid dienone is 1. The van der Waals surface area contributed by atoms with Gasteiger partial charge in [-0.25, -0.2) is 4.79 Å². The Bertz CT molecular complexity index is 795. The van der Waals surface area contributed by atoms with Crippen LogP contribution in [0.1, 0.15) is 59.4 Å². The number of benzene rings is 1. The first-order valence-corrected chi connectivity index (χ1v) is 15.7. The molecule has 0 spiro atoms. The quantitative estimate of drug-likeness (QED) is 0.228. The molecule has 8 heteroatoms. The summed E-state index contributed by atoms with van der Waals surface area (Å²) in [4.78, 5) is 12.0. The number of esters is 1. The lowest BCUT2D eigenvalue weighted by atomic mass is 10.0. The third kappa shape index (κ3) is 9.85. The molecule has 196 valence electrons. The van der Waals surface area contributed by atoms with Crippen molar-refractivity contribution in [2.45, 2.75) is 109 Å². The van der Waals surface area contributed by atoms with Crippen LogP contribution in [0.5, 0.6) is 0 Å². The fraction of sp³-hybridized carbons (Fsp3) is 0.667. The Balaban J connectivity index is 1.81. The predicted octanol–water partition coefficient (Wildman–Crippen LogP) is 4.97. The molecule has 0 aromatic heterocycles. The normalized spacial score (nSPS) is 24.4. The highest BCUT2D eigenvalue weighted by atomic mass is 28.4. The molecule has 6 nitrogen and oxygen atoms in total. The lowest BCUT2D eigenvalue weighted by Gasteiger charge is -2.46. The molecule has 1 aromatic carbocycles. The highest BCUT2D eigenvalue weighted by molar-refractivity contribution is 6.74. The number of carbonyl (C=O) groups excluding carboxylic acids is 1. The van der Waals surface area contributed by atoms with Crippen molar-refractivity contribution in [3.8, 4) is 0 Å². The molecule has 35 heavy (non-hydrogen) atoms. The van der Waals surface area contributed by atoms with Gasteiger partial charge in [0, 0.05) is 18.9 Å². The molecule has 0 amide bonds. The Morgan fingerprint density at radius 3 is 2.54 bits per heavy atom. The standard InChI is InChI=1S/C27H45BO6Si/c1-20(13-11-12-16-25(29)30-18-17-22-14-9-8-10-15-22)31-26-24(19-23(33-28)21(2)32-26)34-35(6,7)27(3,4)5/h8-10,12,14-16,20-21,23-24,26H,11,13,17-19,28H2,1-7H3/b16-12+/t20-,21+,23-,24?,26-/m1/s1. The molecule has 1 aliphatic heterocycles. The van der Waals surface area contributed by atoms with Crippen molar-refractivity contribution in [3.63, 3.8) is 0 Å². The molecule has 1 aromatic rings. The van der Waals surface area contributed by atoms with E-state index in [1.54, 1.807) is 8.05 Å². The van der Waals surface area contributed by atoms with Gasteiger partial charge in [0.05, 0.1) is 31.0 Å². The number of hydrogen-bond donors (Lipinski definition) is 0. The van der Waals surface area contributed by atoms with E-state index in [2.05, 4.69) is 33.9 Å². The fourth-order valence-corrected chi connectivity index (χ4v) is 5.07. The summed E-state index contributed by atoms with van der Waals surface area (Å²) in [7, 11) is -0.285. The predicted molar refractivity (Wildman–Crippen MR) is 144 cm³/mol. The maximum Gasteiger partial charge on any atom is 0.330 e. The van der Waals surface area contributed by atoms with Crippen LogP contribution in [-0.4, -0.2) is 59.6 Å². The zero-order chi connectivity index (χ0) is 26.1. The van der Waals surface area contributed by atoms with Gasteiger partial charge >= 0.3 is 5.97 Å². The largest absolute Gasteiger partial charge is 0.462 e. The van der Waals surface area contributed by atoms with Gasteiger partial charge in [-0.05, 0) is 50.4 Å². The van der Waals surface area contributed by atoms with E-state index in [1.165, 1.54) is 6.08 Å². The second-order valence-corrected chi connectivity index (χ2v) is 15.7. The average Bonchev–Trinajstić information content (AvgIpc) is 2.78. The van der Waals surface area contributed by atoms with Gasteiger partial charge in [-0.3, -0.25) is 0 Å². The Kier molecular flexibility index (Phi) is 11.7. The maximum atomic E-state index is 12.0. The molecule has 1 saturated heterocycles. The van der Waals surface area contributed by atoms with Crippen molar-refractivity contribution in [2.75, 3.05) is 6.61 Å². The Hall–Kier alpha value is -1.45. The smallest absolute Gasteiger partial charge is 0.330 e. The first-order chi connectivity index (χ1) is 16.4. The number of carbonyl (C=O) groups is 1. The second kappa shape index (κ2) is 13.7. The van der Waals surface area contributed by atoms with E-state index in [4.69, 9.17) is 23.3 Å². The zero-order valence-corrected chi connectivity index (χ0v) is 23.9. The minimum Gasteiger partial charge on any atom is -0.462 e. The lowest BCUT2D eigenvalue weighted by molar-refractivity contribution is -0.267. The van der Waals surface area contributed by atoms with Crippen molar-refractivity contribution in [2.24, 2.45) is 0 Å². The van der Waals surface area contributed by atoms with E-state index in [-0.39, 0.29) is 35.4 Å². The molecular weight excluding hydrogens is 459 g/mol. The molecular formula is C27H45BO6Si. The van der Waals surface area contributed by atoms with Gasteiger partial charge in [-0.15, -0.1) is 0 Å². The van der Waals surface area contributed by atoms with E-state index in [0.29, 0.717) is 19.4 Å². The monoisotopic (exact) mass is 504 g/mol. The molecule has 1 unspecified atom stereocenters. The summed E-state index contributed by atoms with van der Waals surface area (Å²) >= 11 is 0. The van der Waals surface area contributed by atoms with Gasteiger partial charge in [-0.2, -0.15) is 0 Å². The molecule has 0 bridgehead atoms. The third-order valence-electron chi connectivity index (χ3n) is 7.03. The minimum atomic E-state index is -2.00. The van der Waals surface area contributed by atoms with Crippen LogP contribution in [0.15, 0.2) is 42.5 Å². The van der Waals surface area contributed by atoms with Crippen molar-refractivity contribution >= 4 is 22.3 Å². The van der Waals surface area contributed by atoms with Crippen LogP contribution in [-0.2, 0) is 34.5 Å². The average molecular weight is 505 g/mol. The summed E-state index contributed by atoms with van der Waals surface area (Å²) in [5, 5.41) is 0.0926. The van der Waals surface area contributed by atoms with Crippen LogP contribution < -0.4 is 0 Å². The lowest BCUT2D eigenvalue weighted by Crippen LogP contribution is -2.55. The molecule has 0 N–H and O–H groups in total. The van der Waals surface area contributed by atoms with Gasteiger partial charge in [0.2, 0.25) is 0 Å². The molecule has 0 aliphatic carbocycles. The number of ether oxygens (including phenoxy) is 3. The van der Waals surface area contributed by atoms with Gasteiger partial charge in [0.1, 0.15) is 0 Å². The number of rotatable bonds is 12. The molecule has 0 radical (unpaired) electrons. The minimum absolute atomic E-state index is 0.0178. The molecule has 2 rings (SSSR count). The topological polar surface area (TPSA) is 63.2 Å². The molecule has 1 heterocycles. The van der Waals surface area contributed by atoms with Crippen LogP contribution in [0.25, 0.3) is 0 Å². The summed E-state index contributed by atoms with van der Waals surface area (Å²) in [6.07, 6.45) is 5.55. The Morgan fingerprint density at radius 2 is 1.91 bits per heavy atom. The summed E-state index contributed by atoms with van der Waals surface area (Å²) < 4.78 is 30.2. The highest BCUT2D eigenvalue weighted by Crippen LogP contribution is 2.39. The molecule has 1 fully saturated rings. The van der Waals surface area contributed by atoms with E-state index in [1.807, 2.05) is 50.3 Å². The van der Waals surface area contributed by atoms with Gasteiger partial charge < -0.3 is 23.3 Å². The molecule has 5 atom stereocenters. The van der Waals surface area contributed by atoms with E-state index < -0.39 is 14.6 Å². The third-order valence-corrected chi connectivity index (χ3v) is 11.5. The van der Waals surface area contributed by atoms with Gasteiger partial charge in [0.25, 0.3) is 8.05 Å². The first-order valence-electron chi connectivity index (χ1n) is 12.8. The maximum absolute atomic E-state index is 12.0. The Labute approximate surface area is 214 Å². The zero-order valence-electron chi connectivity index (χ0n) is 22.9. The van der Waals surface area contributed by atoms with E-state index >= 15 is 0 Å². The van der Waals surface area contributed by atoms with E-state index in [9.17, 15) is 4.79 Å². The van der Waals surface area contributed by atoms with Crippen molar-refractivity contribution in [3.05, 3.63) is 48.0 Å². The molecule has 0 saturated carbocycles. The summed E-state index contributed by atoms with van der Waals surface area (Å²) in [5.41, 5.74) is 1.15. The van der Waals surface area contributed by atoms with Gasteiger partial charge in [0.15, 0.2) is 14.6 Å². The Morgan fingerprint density at radius 1 is 1.23 bits per heavy atom. The summed E-state index contributed by atoms with van der Waals surface area (Å²) in [5.74, 6) is -0.313. The van der Waals surface area contributed by atoms with Crippen molar-refractivity contribution in [1.82, 2.24) is 0 Å². The van der Waals surface area contributed by atoms with Crippen LogP contribution in [0.4, 0.5) is 0 Å². The SMILES string of the molecule is BO[C@@H]1CC(O[Si](C)(C)C(C)(C)C)[C@H](O[C@H](C)CC/C=C/C(=O)OCCc2ccccc2)O[C@H]1C. The number of hydrogen-bond acceptors (Lipinski definition) is 6. The van der Waals surface area contributed by atoms with Crippen LogP contribution in [0.2, 0.25) is 18.1 Å². The second-order valence-electron chi connectivity index (χ2n) is 11.0. The summed E-state index contributed by atoms with van der Waals surface area (Å²) in [6, 6.07) is 9.99. The summed E-state index contributed by atoms with van der Waals surface area (Å²) in [6.45, 7) is 15.6. The van der Waals surface area contributed by atoms with E-state index in [0.717, 1.165) is 18.4 Å². The van der Waals surface area contributed by atoms with Crippen LogP contribution in [0, 0.1) is 0 Å². The van der Waals surface area contributed by atoms with Crippen LogP contribution in [0.3, 0.4) is 0 Å². The van der Waals surface area contributed by atoms with Crippen molar-refractivity contribution < 1.29 is 28.1 Å². The highest BCUT2D eigenvalue weighted by Gasteiger charge is 2.45. The van der Waals surface area contributed by atoms with Gasteiger partial charge in [-0.1, -0.05) is 57.2 Å². The van der Waals surface area contributed by atoms with Crippen LogP contribution >= 0.6 is 0 Å². The van der Waals surface area contributed by atoms with Crippen molar-refractivity contribution in [1.29, 1.82) is 0 Å². The fourth-order valence-electron chi connectivity index (χ4n) is 3.75. The first kappa shape index (κ1) is 29.8.